The van der Waals surface area contributed by atoms with Crippen LogP contribution in [0.5, 0.6) is 5.75 Å². The maximum absolute atomic E-state index is 13.7. The van der Waals surface area contributed by atoms with Crippen LogP contribution in [-0.2, 0) is 4.57 Å². The lowest BCUT2D eigenvalue weighted by molar-refractivity contribution is 0.285. The van der Waals surface area contributed by atoms with Crippen molar-refractivity contribution in [3.63, 3.8) is 0 Å². The first-order chi connectivity index (χ1) is 16.9. The summed E-state index contributed by atoms with van der Waals surface area (Å²) in [5.41, 5.74) is 1.77. The van der Waals surface area contributed by atoms with Gasteiger partial charge in [0.2, 0.25) is 5.95 Å². The highest BCUT2D eigenvalue weighted by atomic mass is 31.2. The van der Waals surface area contributed by atoms with Gasteiger partial charge in [-0.05, 0) is 37.0 Å². The van der Waals surface area contributed by atoms with Crippen LogP contribution in [0.4, 0.5) is 17.5 Å². The highest BCUT2D eigenvalue weighted by Gasteiger charge is 2.37. The minimum Gasteiger partial charge on any atom is -0.495 e. The van der Waals surface area contributed by atoms with Crippen molar-refractivity contribution in [1.82, 2.24) is 19.9 Å². The van der Waals surface area contributed by atoms with Crippen LogP contribution in [0.3, 0.4) is 0 Å². The summed E-state index contributed by atoms with van der Waals surface area (Å²) in [6, 6.07) is 8.64. The lowest BCUT2D eigenvalue weighted by Crippen LogP contribution is -2.38. The van der Waals surface area contributed by atoms with Gasteiger partial charge in [0, 0.05) is 49.5 Å². The quantitative estimate of drug-likeness (QED) is 0.401. The molecule has 5 rings (SSSR count). The molecule has 3 aromatic rings. The lowest BCUT2D eigenvalue weighted by Gasteiger charge is -2.32. The van der Waals surface area contributed by atoms with Crippen LogP contribution < -0.4 is 20.7 Å². The molecule has 3 N–H and O–H groups in total. The molecular weight excluding hydrogens is 461 g/mol. The van der Waals surface area contributed by atoms with Crippen LogP contribution in [0.1, 0.15) is 32.3 Å². The molecule has 0 spiro atoms. The van der Waals surface area contributed by atoms with Crippen molar-refractivity contribution in [1.29, 1.82) is 5.26 Å². The van der Waals surface area contributed by atoms with E-state index in [1.165, 1.54) is 12.8 Å². The maximum atomic E-state index is 13.7. The Morgan fingerprint density at radius 1 is 1.29 bits per heavy atom. The van der Waals surface area contributed by atoms with Crippen LogP contribution in [0.25, 0.3) is 11.0 Å². The lowest BCUT2D eigenvalue weighted by atomic mass is 10.2. The van der Waals surface area contributed by atoms with Gasteiger partial charge in [-0.1, -0.05) is 13.8 Å². The van der Waals surface area contributed by atoms with Crippen molar-refractivity contribution in [2.75, 3.05) is 49.7 Å². The van der Waals surface area contributed by atoms with E-state index in [4.69, 9.17) is 4.74 Å². The van der Waals surface area contributed by atoms with Crippen LogP contribution in [0, 0.1) is 17.2 Å². The summed E-state index contributed by atoms with van der Waals surface area (Å²) in [7, 11) is -0.833. The standard InChI is InChI=1S/C25H32N7O2P/c1-16(2)14-27-23-22-17(13-26)15-28-24(22)31-25(30-23)29-20-7-6-19(12-21(20)34-3)35(33)10-8-32(9-11-35)18-4-5-18/h6-7,12,15-16,18H,4-5,8-11,14H2,1-3H3,(H3,27,28,29,30,31). The van der Waals surface area contributed by atoms with E-state index < -0.39 is 7.14 Å². The van der Waals surface area contributed by atoms with Gasteiger partial charge in [0.1, 0.15) is 30.4 Å². The molecular formula is C25H32N7O2P. The molecule has 2 aliphatic rings. The molecule has 1 saturated carbocycles. The Bertz CT molecular complexity index is 1310. The van der Waals surface area contributed by atoms with E-state index in [1.54, 1.807) is 13.3 Å². The molecule has 2 fully saturated rings. The predicted octanol–water partition coefficient (Wildman–Crippen LogP) is 4.12. The predicted molar refractivity (Wildman–Crippen MR) is 140 cm³/mol. The molecule has 0 radical (unpaired) electrons. The number of nitriles is 1. The second kappa shape index (κ2) is 9.52. The highest BCUT2D eigenvalue weighted by Crippen LogP contribution is 2.49. The summed E-state index contributed by atoms with van der Waals surface area (Å²) in [5.74, 6) is 2.00. The van der Waals surface area contributed by atoms with E-state index in [-0.39, 0.29) is 0 Å². The van der Waals surface area contributed by atoms with Crippen molar-refractivity contribution in [3.8, 4) is 11.8 Å². The molecule has 10 heteroatoms. The number of ether oxygens (including phenoxy) is 1. The van der Waals surface area contributed by atoms with Crippen LogP contribution in [-0.4, -0.2) is 65.0 Å². The zero-order valence-corrected chi connectivity index (χ0v) is 21.4. The molecule has 2 aromatic heterocycles. The number of nitrogens with one attached hydrogen (secondary N) is 3. The van der Waals surface area contributed by atoms with Crippen molar-refractivity contribution >= 4 is 40.9 Å². The van der Waals surface area contributed by atoms with Gasteiger partial charge in [0.05, 0.1) is 23.7 Å². The molecule has 0 atom stereocenters. The van der Waals surface area contributed by atoms with E-state index in [0.717, 1.165) is 30.7 Å². The summed E-state index contributed by atoms with van der Waals surface area (Å²) in [4.78, 5) is 14.8. The third-order valence-corrected chi connectivity index (χ3v) is 9.86. The number of H-pyrrole nitrogens is 1. The van der Waals surface area contributed by atoms with E-state index in [1.807, 2.05) is 18.2 Å². The number of aromatic nitrogens is 3. The van der Waals surface area contributed by atoms with E-state index >= 15 is 0 Å². The fraction of sp³-hybridized carbons (Fsp3) is 0.480. The van der Waals surface area contributed by atoms with Gasteiger partial charge in [-0.15, -0.1) is 0 Å². The third kappa shape index (κ3) is 4.86. The average molecular weight is 494 g/mol. The van der Waals surface area contributed by atoms with Gasteiger partial charge in [-0.3, -0.25) is 4.90 Å². The van der Waals surface area contributed by atoms with Gasteiger partial charge < -0.3 is 24.9 Å². The Morgan fingerprint density at radius 2 is 2.06 bits per heavy atom. The largest absolute Gasteiger partial charge is 0.495 e. The minimum atomic E-state index is -2.44. The number of hydrogen-bond donors (Lipinski definition) is 3. The van der Waals surface area contributed by atoms with E-state index in [9.17, 15) is 9.83 Å². The zero-order chi connectivity index (χ0) is 24.6. The summed E-state index contributed by atoms with van der Waals surface area (Å²) in [6.07, 6.45) is 5.64. The van der Waals surface area contributed by atoms with Gasteiger partial charge >= 0.3 is 0 Å². The number of hydrogen-bond acceptors (Lipinski definition) is 8. The highest BCUT2D eigenvalue weighted by molar-refractivity contribution is 7.71. The number of rotatable bonds is 8. The van der Waals surface area contributed by atoms with Crippen molar-refractivity contribution in [2.24, 2.45) is 5.92 Å². The number of anilines is 3. The Kier molecular flexibility index (Phi) is 6.43. The molecule has 1 aromatic carbocycles. The Balaban J connectivity index is 1.41. The maximum Gasteiger partial charge on any atom is 0.231 e. The minimum absolute atomic E-state index is 0.380. The SMILES string of the molecule is COc1cc(P2(=O)CCN(C3CC3)CC2)ccc1Nc1nc(NCC(C)C)c2c(C#N)c[nH]c2n1. The molecule has 3 heterocycles. The average Bonchev–Trinajstić information content (AvgIpc) is 3.62. The zero-order valence-electron chi connectivity index (χ0n) is 20.5. The Labute approximate surface area is 205 Å². The van der Waals surface area contributed by atoms with Crippen LogP contribution >= 0.6 is 7.14 Å². The molecule has 35 heavy (non-hydrogen) atoms. The van der Waals surface area contributed by atoms with Gasteiger partial charge in [0.15, 0.2) is 0 Å². The van der Waals surface area contributed by atoms with Gasteiger partial charge in [0.25, 0.3) is 0 Å². The summed E-state index contributed by atoms with van der Waals surface area (Å²) < 4.78 is 19.4. The Hall–Kier alpha value is -3.08. The molecule has 1 aliphatic carbocycles. The van der Waals surface area contributed by atoms with Crippen molar-refractivity contribution in [3.05, 3.63) is 30.0 Å². The van der Waals surface area contributed by atoms with Gasteiger partial charge in [-0.2, -0.15) is 15.2 Å². The summed E-state index contributed by atoms with van der Waals surface area (Å²) in [5, 5.41) is 17.6. The summed E-state index contributed by atoms with van der Waals surface area (Å²) >= 11 is 0. The molecule has 1 aliphatic heterocycles. The second-order valence-corrected chi connectivity index (χ2v) is 13.0. The second-order valence-electron chi connectivity index (χ2n) is 9.82. The summed E-state index contributed by atoms with van der Waals surface area (Å²) in [6.45, 7) is 6.75. The fourth-order valence-electron chi connectivity index (χ4n) is 4.63. The number of benzene rings is 1. The first-order valence-electron chi connectivity index (χ1n) is 12.2. The molecule has 0 bridgehead atoms. The first-order valence-corrected chi connectivity index (χ1v) is 14.3. The van der Waals surface area contributed by atoms with E-state index in [2.05, 4.69) is 50.4 Å². The topological polar surface area (TPSA) is 119 Å². The Morgan fingerprint density at radius 3 is 2.71 bits per heavy atom. The molecule has 184 valence electrons. The van der Waals surface area contributed by atoms with Crippen molar-refractivity contribution < 1.29 is 9.30 Å². The van der Waals surface area contributed by atoms with Crippen molar-refractivity contribution in [2.45, 2.75) is 32.7 Å². The normalized spacial score (nSPS) is 17.9. The fourth-order valence-corrected chi connectivity index (χ4v) is 7.23. The number of nitrogens with zero attached hydrogens (tertiary/aromatic N) is 4. The number of aromatic amines is 1. The molecule has 0 amide bonds. The monoisotopic (exact) mass is 493 g/mol. The smallest absolute Gasteiger partial charge is 0.231 e. The third-order valence-electron chi connectivity index (χ3n) is 6.79. The number of fused-ring (bicyclic) bond motifs is 1. The molecule has 0 unspecified atom stereocenters. The van der Waals surface area contributed by atoms with Crippen LogP contribution in [0.2, 0.25) is 0 Å². The van der Waals surface area contributed by atoms with Crippen LogP contribution in [0.15, 0.2) is 24.4 Å². The molecule has 1 saturated heterocycles. The van der Waals surface area contributed by atoms with Gasteiger partial charge in [-0.25, -0.2) is 0 Å². The number of methoxy groups -OCH3 is 1. The molecule has 9 nitrogen and oxygen atoms in total. The van der Waals surface area contributed by atoms with E-state index in [0.29, 0.717) is 58.3 Å². The first kappa shape index (κ1) is 23.7.